The lowest BCUT2D eigenvalue weighted by atomic mass is 9.88. The number of ether oxygens (including phenoxy) is 2. The molecule has 1 fully saturated rings. The van der Waals surface area contributed by atoms with Gasteiger partial charge in [-0.1, -0.05) is 29.8 Å². The lowest BCUT2D eigenvalue weighted by Gasteiger charge is -2.34. The van der Waals surface area contributed by atoms with Gasteiger partial charge in [0.25, 0.3) is 0 Å². The van der Waals surface area contributed by atoms with Crippen LogP contribution >= 0.6 is 11.6 Å². The third-order valence-electron chi connectivity index (χ3n) is 5.33. The Morgan fingerprint density at radius 1 is 1.25 bits per heavy atom. The Balaban J connectivity index is 1.58. The Hall–Kier alpha value is -2.78. The molecule has 1 saturated heterocycles. The van der Waals surface area contributed by atoms with Gasteiger partial charge >= 0.3 is 6.09 Å². The van der Waals surface area contributed by atoms with Gasteiger partial charge < -0.3 is 14.4 Å². The fraction of sp³-hybridized carbons (Fsp3) is 0.440. The van der Waals surface area contributed by atoms with Gasteiger partial charge in [-0.05, 0) is 74.9 Å². The minimum atomic E-state index is -1.12. The van der Waals surface area contributed by atoms with Gasteiger partial charge in [-0.3, -0.25) is 0 Å². The van der Waals surface area contributed by atoms with Crippen LogP contribution in [-0.2, 0) is 11.3 Å². The zero-order chi connectivity index (χ0) is 23.3. The maximum Gasteiger partial charge on any atom is 0.410 e. The molecule has 0 radical (unpaired) electrons. The zero-order valence-electron chi connectivity index (χ0n) is 18.6. The van der Waals surface area contributed by atoms with E-state index in [4.69, 9.17) is 21.1 Å². The molecular weight excluding hydrogens is 431 g/mol. The molecule has 7 heteroatoms. The molecule has 1 aliphatic heterocycles. The molecule has 1 unspecified atom stereocenters. The Morgan fingerprint density at radius 3 is 2.62 bits per heavy atom. The summed E-state index contributed by atoms with van der Waals surface area (Å²) < 4.78 is 26.5. The van der Waals surface area contributed by atoms with Crippen molar-refractivity contribution in [2.75, 3.05) is 13.1 Å². The molecule has 3 rings (SSSR count). The first-order chi connectivity index (χ1) is 15.2. The van der Waals surface area contributed by atoms with Crippen LogP contribution in [-0.4, -0.2) is 29.7 Å². The average Bonchev–Trinajstić information content (AvgIpc) is 2.76. The Labute approximate surface area is 193 Å². The summed E-state index contributed by atoms with van der Waals surface area (Å²) in [6, 6.07) is 14.2. The molecule has 1 aliphatic rings. The number of nitriles is 1. The van der Waals surface area contributed by atoms with Crippen molar-refractivity contribution in [1.82, 2.24) is 4.90 Å². The molecule has 1 amide bonds. The highest BCUT2D eigenvalue weighted by Crippen LogP contribution is 2.35. The van der Waals surface area contributed by atoms with Crippen LogP contribution in [0.15, 0.2) is 42.5 Å². The van der Waals surface area contributed by atoms with E-state index in [0.717, 1.165) is 5.56 Å². The summed E-state index contributed by atoms with van der Waals surface area (Å²) in [7, 11) is 0. The number of likely N-dealkylation sites (tertiary alicyclic amines) is 1. The number of benzene rings is 2. The Morgan fingerprint density at radius 2 is 1.97 bits per heavy atom. The van der Waals surface area contributed by atoms with E-state index in [-0.39, 0.29) is 18.6 Å². The summed E-state index contributed by atoms with van der Waals surface area (Å²) in [4.78, 5) is 13.9. The van der Waals surface area contributed by atoms with E-state index in [9.17, 15) is 10.1 Å². The minimum absolute atomic E-state index is 0.161. The van der Waals surface area contributed by atoms with Gasteiger partial charge in [-0.2, -0.15) is 5.26 Å². The van der Waals surface area contributed by atoms with Crippen molar-refractivity contribution in [2.45, 2.75) is 52.0 Å². The van der Waals surface area contributed by atoms with Crippen molar-refractivity contribution in [3.63, 3.8) is 0 Å². The van der Waals surface area contributed by atoms with Crippen molar-refractivity contribution >= 4 is 17.7 Å². The van der Waals surface area contributed by atoms with Gasteiger partial charge in [0, 0.05) is 18.1 Å². The summed E-state index contributed by atoms with van der Waals surface area (Å²) >= 11 is 5.92. The van der Waals surface area contributed by atoms with E-state index in [2.05, 4.69) is 6.07 Å². The van der Waals surface area contributed by atoms with E-state index < -0.39 is 11.8 Å². The maximum atomic E-state index is 15.3. The molecule has 5 nitrogen and oxygen atoms in total. The molecule has 2 aromatic carbocycles. The predicted molar refractivity (Wildman–Crippen MR) is 121 cm³/mol. The van der Waals surface area contributed by atoms with Crippen molar-refractivity contribution in [3.8, 4) is 11.8 Å². The van der Waals surface area contributed by atoms with Gasteiger partial charge in [-0.15, -0.1) is 0 Å². The topological polar surface area (TPSA) is 62.6 Å². The van der Waals surface area contributed by atoms with Gasteiger partial charge in [0.2, 0.25) is 0 Å². The number of piperidine rings is 1. The fourth-order valence-electron chi connectivity index (χ4n) is 3.70. The lowest BCUT2D eigenvalue weighted by Crippen LogP contribution is -2.42. The summed E-state index contributed by atoms with van der Waals surface area (Å²) in [6.07, 6.45) is -0.306. The molecule has 0 spiro atoms. The molecule has 32 heavy (non-hydrogen) atoms. The highest BCUT2D eigenvalue weighted by molar-refractivity contribution is 6.30. The van der Waals surface area contributed by atoms with Crippen LogP contribution in [0.5, 0.6) is 5.75 Å². The van der Waals surface area contributed by atoms with Crippen molar-refractivity contribution in [2.24, 2.45) is 5.92 Å². The second-order valence-corrected chi connectivity index (χ2v) is 9.43. The summed E-state index contributed by atoms with van der Waals surface area (Å²) in [5.74, 6) is 0.278. The summed E-state index contributed by atoms with van der Waals surface area (Å²) in [6.45, 7) is 6.68. The van der Waals surface area contributed by atoms with Crippen LogP contribution in [0, 0.1) is 17.2 Å². The number of alkyl halides is 1. The monoisotopic (exact) mass is 458 g/mol. The molecular formula is C25H28ClFN2O3. The normalized spacial score (nSPS) is 15.7. The number of carbonyl (C=O) groups is 1. The molecule has 0 aliphatic carbocycles. The molecule has 0 N–H and O–H groups in total. The molecule has 0 bridgehead atoms. The van der Waals surface area contributed by atoms with Gasteiger partial charge in [0.05, 0.1) is 5.56 Å². The van der Waals surface area contributed by atoms with Crippen LogP contribution in [0.25, 0.3) is 0 Å². The summed E-state index contributed by atoms with van der Waals surface area (Å²) in [5.41, 5.74) is 1.22. The highest BCUT2D eigenvalue weighted by Gasteiger charge is 2.31. The van der Waals surface area contributed by atoms with E-state index in [1.54, 1.807) is 35.2 Å². The van der Waals surface area contributed by atoms with E-state index in [1.165, 1.54) is 0 Å². The van der Waals surface area contributed by atoms with Gasteiger partial charge in [0.15, 0.2) is 0 Å². The number of hydrogen-bond donors (Lipinski definition) is 0. The average molecular weight is 459 g/mol. The quantitative estimate of drug-likeness (QED) is 0.516. The van der Waals surface area contributed by atoms with Crippen molar-refractivity contribution in [1.29, 1.82) is 5.26 Å². The number of halogens is 2. The second kappa shape index (κ2) is 10.2. The first-order valence-corrected chi connectivity index (χ1v) is 11.1. The third kappa shape index (κ3) is 6.37. The van der Waals surface area contributed by atoms with E-state index in [1.807, 2.05) is 32.9 Å². The number of hydrogen-bond acceptors (Lipinski definition) is 4. The second-order valence-electron chi connectivity index (χ2n) is 8.99. The minimum Gasteiger partial charge on any atom is -0.488 e. The van der Waals surface area contributed by atoms with Crippen LogP contribution in [0.1, 0.15) is 56.5 Å². The number of rotatable bonds is 5. The zero-order valence-corrected chi connectivity index (χ0v) is 19.4. The maximum absolute atomic E-state index is 15.3. The molecule has 1 atom stereocenters. The van der Waals surface area contributed by atoms with Crippen LogP contribution in [0.3, 0.4) is 0 Å². The number of amides is 1. The number of carbonyl (C=O) groups excluding carboxylic acids is 1. The van der Waals surface area contributed by atoms with Crippen LogP contribution in [0.4, 0.5) is 9.18 Å². The van der Waals surface area contributed by atoms with Crippen LogP contribution in [0.2, 0.25) is 5.02 Å². The van der Waals surface area contributed by atoms with Crippen LogP contribution < -0.4 is 4.74 Å². The van der Waals surface area contributed by atoms with Crippen molar-refractivity contribution < 1.29 is 18.7 Å². The predicted octanol–water partition coefficient (Wildman–Crippen LogP) is 6.45. The first kappa shape index (κ1) is 23.9. The molecule has 1 heterocycles. The third-order valence-corrected chi connectivity index (χ3v) is 5.57. The molecule has 2 aromatic rings. The smallest absolute Gasteiger partial charge is 0.410 e. The standard InChI is InChI=1S/C25H28ClFN2O3/c1-25(2,3)32-24(30)29-11-9-18(10-12-29)23(27)19-6-4-5-17(13-19)16-31-22-8-7-21(26)14-20(22)15-28/h4-8,13-14,18,23H,9-12,16H2,1-3H3. The SMILES string of the molecule is CC(C)(C)OC(=O)N1CCC(C(F)c2cccc(COc3ccc(Cl)cc3C#N)c2)CC1. The Bertz CT molecular complexity index is 991. The van der Waals surface area contributed by atoms with Crippen molar-refractivity contribution in [3.05, 3.63) is 64.2 Å². The summed E-state index contributed by atoms with van der Waals surface area (Å²) in [5, 5.41) is 9.71. The van der Waals surface area contributed by atoms with E-state index >= 15 is 4.39 Å². The molecule has 0 aromatic heterocycles. The highest BCUT2D eigenvalue weighted by atomic mass is 35.5. The number of nitrogens with zero attached hydrogens (tertiary/aromatic N) is 2. The molecule has 0 saturated carbocycles. The lowest BCUT2D eigenvalue weighted by molar-refractivity contribution is 0.0144. The van der Waals surface area contributed by atoms with E-state index in [0.29, 0.717) is 47.8 Å². The Kier molecular flexibility index (Phi) is 7.63. The fourth-order valence-corrected chi connectivity index (χ4v) is 3.88. The van der Waals surface area contributed by atoms with Gasteiger partial charge in [0.1, 0.15) is 30.2 Å². The van der Waals surface area contributed by atoms with Gasteiger partial charge in [-0.25, -0.2) is 9.18 Å². The molecule has 170 valence electrons. The first-order valence-electron chi connectivity index (χ1n) is 10.7. The largest absolute Gasteiger partial charge is 0.488 e.